The standard InChI is InChI=1S/C31H27/c1-3-13-23(14-4-1)31(25-17-7-8-18-25,24-15-5-2-6-16-24)30-28-21-11-9-19-26(28)27-20-10-12-22-29(27)30/h1-22,26-30H/q-1. The SMILES string of the molecule is C1=CC2C3C=CC=CC3C(C(c3ccccc3)(c3ccccc3)c3ccc[cH-]3)C2C=C1. The Morgan fingerprint density at radius 1 is 0.516 bits per heavy atom. The van der Waals surface area contributed by atoms with E-state index in [1.807, 2.05) is 0 Å². The molecule has 0 heteroatoms. The Morgan fingerprint density at radius 2 is 1.00 bits per heavy atom. The van der Waals surface area contributed by atoms with Crippen molar-refractivity contribution in [2.24, 2.45) is 29.6 Å². The van der Waals surface area contributed by atoms with Crippen LogP contribution in [0.1, 0.15) is 16.7 Å². The highest BCUT2D eigenvalue weighted by Gasteiger charge is 2.56. The molecule has 0 aliphatic heterocycles. The van der Waals surface area contributed by atoms with Crippen molar-refractivity contribution in [3.63, 3.8) is 0 Å². The lowest BCUT2D eigenvalue weighted by molar-refractivity contribution is 0.270. The van der Waals surface area contributed by atoms with Crippen LogP contribution in [0.2, 0.25) is 0 Å². The number of benzene rings is 2. The van der Waals surface area contributed by atoms with Crippen molar-refractivity contribution in [1.82, 2.24) is 0 Å². The van der Waals surface area contributed by atoms with Crippen LogP contribution in [0.5, 0.6) is 0 Å². The zero-order valence-corrected chi connectivity index (χ0v) is 17.6. The third-order valence-electron chi connectivity index (χ3n) is 7.79. The monoisotopic (exact) mass is 399 g/mol. The molecule has 31 heavy (non-hydrogen) atoms. The van der Waals surface area contributed by atoms with Gasteiger partial charge in [0.05, 0.1) is 0 Å². The molecule has 0 radical (unpaired) electrons. The topological polar surface area (TPSA) is 0 Å². The van der Waals surface area contributed by atoms with Crippen molar-refractivity contribution in [2.75, 3.05) is 0 Å². The minimum Gasteiger partial charge on any atom is -0.213 e. The molecule has 3 aromatic rings. The van der Waals surface area contributed by atoms with E-state index in [0.29, 0.717) is 29.6 Å². The Morgan fingerprint density at radius 3 is 1.45 bits per heavy atom. The lowest BCUT2D eigenvalue weighted by Crippen LogP contribution is -2.43. The average Bonchev–Trinajstić information content (AvgIpc) is 3.49. The van der Waals surface area contributed by atoms with Crippen molar-refractivity contribution < 1.29 is 0 Å². The summed E-state index contributed by atoms with van der Waals surface area (Å²) < 4.78 is 0. The highest BCUT2D eigenvalue weighted by molar-refractivity contribution is 5.54. The Kier molecular flexibility index (Phi) is 4.46. The maximum absolute atomic E-state index is 2.49. The number of rotatable bonds is 4. The first kappa shape index (κ1) is 18.5. The van der Waals surface area contributed by atoms with Gasteiger partial charge in [0.1, 0.15) is 0 Å². The summed E-state index contributed by atoms with van der Waals surface area (Å²) in [6, 6.07) is 31.5. The fourth-order valence-corrected chi connectivity index (χ4v) is 6.72. The number of hydrogen-bond donors (Lipinski definition) is 0. The third kappa shape index (κ3) is 2.71. The van der Waals surface area contributed by atoms with E-state index in [2.05, 4.69) is 134 Å². The molecule has 3 aromatic carbocycles. The maximum Gasteiger partial charge on any atom is 0.0262 e. The molecule has 0 N–H and O–H groups in total. The van der Waals surface area contributed by atoms with E-state index < -0.39 is 0 Å². The van der Waals surface area contributed by atoms with E-state index in [1.54, 1.807) is 0 Å². The van der Waals surface area contributed by atoms with Gasteiger partial charge in [-0.2, -0.15) is 17.7 Å². The second-order valence-electron chi connectivity index (χ2n) is 9.09. The van der Waals surface area contributed by atoms with Gasteiger partial charge in [0, 0.05) is 5.41 Å². The molecule has 4 atom stereocenters. The van der Waals surface area contributed by atoms with E-state index >= 15 is 0 Å². The molecule has 0 saturated heterocycles. The number of fused-ring (bicyclic) bond motifs is 3. The van der Waals surface area contributed by atoms with Gasteiger partial charge in [-0.1, -0.05) is 109 Å². The summed E-state index contributed by atoms with van der Waals surface area (Å²) >= 11 is 0. The first-order chi connectivity index (χ1) is 15.4. The highest BCUT2D eigenvalue weighted by Crippen LogP contribution is 2.61. The van der Waals surface area contributed by atoms with Crippen molar-refractivity contribution >= 4 is 0 Å². The summed E-state index contributed by atoms with van der Waals surface area (Å²) in [6.45, 7) is 0. The second-order valence-corrected chi connectivity index (χ2v) is 9.09. The minimum atomic E-state index is -0.209. The van der Waals surface area contributed by atoms with Gasteiger partial charge in [0.25, 0.3) is 0 Å². The molecule has 0 aromatic heterocycles. The van der Waals surface area contributed by atoms with Crippen molar-refractivity contribution in [1.29, 1.82) is 0 Å². The van der Waals surface area contributed by atoms with Gasteiger partial charge in [0.2, 0.25) is 0 Å². The van der Waals surface area contributed by atoms with Gasteiger partial charge in [-0.15, -0.1) is 0 Å². The molecule has 0 spiro atoms. The van der Waals surface area contributed by atoms with Gasteiger partial charge < -0.3 is 0 Å². The quantitative estimate of drug-likeness (QED) is 0.411. The van der Waals surface area contributed by atoms with Gasteiger partial charge in [-0.25, -0.2) is 12.1 Å². The molecule has 1 saturated carbocycles. The fraction of sp³-hybridized carbons (Fsp3) is 0.194. The van der Waals surface area contributed by atoms with Gasteiger partial charge in [-0.3, -0.25) is 0 Å². The molecule has 152 valence electrons. The van der Waals surface area contributed by atoms with E-state index in [-0.39, 0.29) is 5.41 Å². The summed E-state index contributed by atoms with van der Waals surface area (Å²) in [6.07, 6.45) is 18.9. The molecule has 4 unspecified atom stereocenters. The van der Waals surface area contributed by atoms with Crippen LogP contribution in [0, 0.1) is 29.6 Å². The largest absolute Gasteiger partial charge is 0.213 e. The Bertz CT molecular complexity index is 1070. The lowest BCUT2D eigenvalue weighted by Gasteiger charge is -2.48. The highest BCUT2D eigenvalue weighted by atomic mass is 14.6. The zero-order valence-electron chi connectivity index (χ0n) is 17.6. The zero-order chi connectivity index (χ0) is 20.7. The number of allylic oxidation sites excluding steroid dienone is 8. The van der Waals surface area contributed by atoms with Crippen LogP contribution in [-0.4, -0.2) is 0 Å². The summed E-state index contributed by atoms with van der Waals surface area (Å²) in [5.41, 5.74) is 3.98. The molecule has 0 heterocycles. The molecule has 0 nitrogen and oxygen atoms in total. The Balaban J connectivity index is 1.68. The first-order valence-corrected chi connectivity index (χ1v) is 11.4. The van der Waals surface area contributed by atoms with Crippen LogP contribution >= 0.6 is 0 Å². The van der Waals surface area contributed by atoms with Crippen LogP contribution < -0.4 is 0 Å². The Hall–Kier alpha value is -3.25. The van der Waals surface area contributed by atoms with Gasteiger partial charge in [0.15, 0.2) is 0 Å². The summed E-state index contributed by atoms with van der Waals surface area (Å²) in [5.74, 6) is 2.49. The summed E-state index contributed by atoms with van der Waals surface area (Å²) in [7, 11) is 0. The van der Waals surface area contributed by atoms with E-state index in [0.717, 1.165) is 0 Å². The van der Waals surface area contributed by atoms with Crippen LogP contribution in [0.3, 0.4) is 0 Å². The van der Waals surface area contributed by atoms with Crippen LogP contribution in [0.25, 0.3) is 0 Å². The number of hydrogen-bond acceptors (Lipinski definition) is 0. The third-order valence-corrected chi connectivity index (χ3v) is 7.79. The summed E-state index contributed by atoms with van der Waals surface area (Å²) in [5, 5.41) is 0. The smallest absolute Gasteiger partial charge is 0.0262 e. The molecule has 0 amide bonds. The molecular weight excluding hydrogens is 372 g/mol. The average molecular weight is 400 g/mol. The van der Waals surface area contributed by atoms with E-state index in [4.69, 9.17) is 0 Å². The van der Waals surface area contributed by atoms with Crippen molar-refractivity contribution in [2.45, 2.75) is 5.41 Å². The molecule has 6 rings (SSSR count). The second kappa shape index (κ2) is 7.46. The molecule has 3 aliphatic rings. The van der Waals surface area contributed by atoms with Crippen LogP contribution in [-0.2, 0) is 5.41 Å². The molecular formula is C31H27-. The molecule has 0 bridgehead atoms. The summed E-state index contributed by atoms with van der Waals surface area (Å²) in [4.78, 5) is 0. The van der Waals surface area contributed by atoms with Gasteiger partial charge >= 0.3 is 0 Å². The van der Waals surface area contributed by atoms with E-state index in [1.165, 1.54) is 16.7 Å². The normalized spacial score (nSPS) is 28.5. The molecule has 1 fully saturated rings. The predicted octanol–water partition coefficient (Wildman–Crippen LogP) is 7.09. The predicted molar refractivity (Wildman–Crippen MR) is 129 cm³/mol. The van der Waals surface area contributed by atoms with Crippen molar-refractivity contribution in [3.8, 4) is 0 Å². The van der Waals surface area contributed by atoms with Crippen molar-refractivity contribution in [3.05, 3.63) is 150 Å². The Labute approximate surface area is 185 Å². The van der Waals surface area contributed by atoms with Crippen LogP contribution in [0.4, 0.5) is 0 Å². The van der Waals surface area contributed by atoms with Crippen LogP contribution in [0.15, 0.2) is 134 Å². The fourth-order valence-electron chi connectivity index (χ4n) is 6.72. The first-order valence-electron chi connectivity index (χ1n) is 11.4. The van der Waals surface area contributed by atoms with E-state index in [9.17, 15) is 0 Å². The maximum atomic E-state index is 2.49. The molecule has 3 aliphatic carbocycles. The van der Waals surface area contributed by atoms with Gasteiger partial charge in [-0.05, 0) is 40.7 Å². The lowest BCUT2D eigenvalue weighted by atomic mass is 9.56. The minimum absolute atomic E-state index is 0.209.